The first kappa shape index (κ1) is 15.6. The molecule has 0 atom stereocenters. The van der Waals surface area contributed by atoms with Crippen molar-refractivity contribution < 1.29 is 10.1 Å². The van der Waals surface area contributed by atoms with Crippen molar-refractivity contribution in [3.05, 3.63) is 50.1 Å². The average Bonchev–Trinajstić information content (AvgIpc) is 2.35. The molecule has 21 heavy (non-hydrogen) atoms. The van der Waals surface area contributed by atoms with Gasteiger partial charge in [0.15, 0.2) is 10.1 Å². The number of hydrogen-bond acceptors (Lipinski definition) is 6. The van der Waals surface area contributed by atoms with E-state index in [2.05, 4.69) is 10.6 Å². The Bertz CT molecular complexity index is 575. The predicted molar refractivity (Wildman–Crippen MR) is 72.6 cm³/mol. The largest absolute Gasteiger partial charge is 0.348 e. The van der Waals surface area contributed by atoms with E-state index in [1.165, 1.54) is 0 Å². The van der Waals surface area contributed by atoms with E-state index in [0.29, 0.717) is 11.3 Å². The molecule has 6 N–H and O–H groups in total. The molecule has 12 nitrogen and oxygen atoms in total. The third-order valence-electron chi connectivity index (χ3n) is 2.07. The third-order valence-corrected chi connectivity index (χ3v) is 2.07. The molecule has 0 saturated heterocycles. The number of hydrazine groups is 2. The number of benzene rings is 1. The number of guanidine groups is 2. The maximum Gasteiger partial charge on any atom is 0.255 e. The number of anilines is 1. The highest BCUT2D eigenvalue weighted by molar-refractivity contribution is 5.90. The van der Waals surface area contributed by atoms with Crippen molar-refractivity contribution in [2.75, 3.05) is 5.32 Å². The molecular formula is C9H12N8O4. The molecule has 0 unspecified atom stereocenters. The first-order chi connectivity index (χ1) is 9.86. The van der Waals surface area contributed by atoms with Crippen molar-refractivity contribution in [1.82, 2.24) is 16.2 Å². The van der Waals surface area contributed by atoms with Crippen molar-refractivity contribution in [2.45, 2.75) is 6.54 Å². The quantitative estimate of drug-likeness (QED) is 0.184. The fourth-order valence-electron chi connectivity index (χ4n) is 1.34. The van der Waals surface area contributed by atoms with Crippen LogP contribution in [0.3, 0.4) is 0 Å². The lowest BCUT2D eigenvalue weighted by Crippen LogP contribution is -2.39. The molecule has 0 radical (unpaired) electrons. The molecular weight excluding hydrogens is 284 g/mol. The standard InChI is InChI=1S/C9H12N8O4/c10-8(14-16(18)19)12-5-6-2-1-3-7(4-6)13-9(11)15-17(20)21/h1-4H,5H2,(H3,10,12,14)(H3,11,13,15). The maximum atomic E-state index is 10.2. The Balaban J connectivity index is 2.56. The molecule has 1 aromatic carbocycles. The second kappa shape index (κ2) is 7.22. The van der Waals surface area contributed by atoms with E-state index in [9.17, 15) is 20.2 Å². The number of rotatable bonds is 5. The van der Waals surface area contributed by atoms with Crippen LogP contribution < -0.4 is 21.5 Å². The summed E-state index contributed by atoms with van der Waals surface area (Å²) in [6.07, 6.45) is 0. The second-order valence-electron chi connectivity index (χ2n) is 3.67. The van der Waals surface area contributed by atoms with Crippen molar-refractivity contribution >= 4 is 17.6 Å². The van der Waals surface area contributed by atoms with Crippen molar-refractivity contribution in [1.29, 1.82) is 10.8 Å². The third kappa shape index (κ3) is 6.32. The SMILES string of the molecule is N=C(NCc1cccc(NC(=N)N[N+](=O)[O-])c1)N[N+](=O)[O-]. The van der Waals surface area contributed by atoms with E-state index in [-0.39, 0.29) is 6.54 Å². The molecule has 1 rings (SSSR count). The molecule has 0 aromatic heterocycles. The van der Waals surface area contributed by atoms with Gasteiger partial charge in [-0.1, -0.05) is 23.0 Å². The summed E-state index contributed by atoms with van der Waals surface area (Å²) in [6.45, 7) is 0.130. The Kier molecular flexibility index (Phi) is 5.37. The van der Waals surface area contributed by atoms with Gasteiger partial charge in [0, 0.05) is 12.2 Å². The van der Waals surface area contributed by atoms with Gasteiger partial charge in [0.1, 0.15) is 0 Å². The lowest BCUT2D eigenvalue weighted by Gasteiger charge is -2.08. The Morgan fingerprint density at radius 3 is 2.33 bits per heavy atom. The minimum Gasteiger partial charge on any atom is -0.348 e. The first-order valence-corrected chi connectivity index (χ1v) is 5.46. The van der Waals surface area contributed by atoms with Gasteiger partial charge in [-0.2, -0.15) is 0 Å². The van der Waals surface area contributed by atoms with E-state index < -0.39 is 22.0 Å². The lowest BCUT2D eigenvalue weighted by atomic mass is 10.2. The van der Waals surface area contributed by atoms with Crippen LogP contribution in [0.1, 0.15) is 5.56 Å². The van der Waals surface area contributed by atoms with Gasteiger partial charge < -0.3 is 10.6 Å². The van der Waals surface area contributed by atoms with E-state index in [0.717, 1.165) is 0 Å². The lowest BCUT2D eigenvalue weighted by molar-refractivity contribution is -0.525. The molecule has 0 aliphatic carbocycles. The summed E-state index contributed by atoms with van der Waals surface area (Å²) in [6, 6.07) is 6.47. The fraction of sp³-hybridized carbons (Fsp3) is 0.111. The molecule has 12 heteroatoms. The minimum absolute atomic E-state index is 0.130. The summed E-state index contributed by atoms with van der Waals surface area (Å²) in [4.78, 5) is 20.3. The predicted octanol–water partition coefficient (Wildman–Crippen LogP) is -0.380. The molecule has 0 amide bonds. The number of nitrogens with zero attached hydrogens (tertiary/aromatic N) is 2. The van der Waals surface area contributed by atoms with Crippen LogP contribution in [0.15, 0.2) is 24.3 Å². The molecule has 0 fully saturated rings. The zero-order valence-electron chi connectivity index (χ0n) is 10.5. The maximum absolute atomic E-state index is 10.2. The summed E-state index contributed by atoms with van der Waals surface area (Å²) in [7, 11) is 0. The molecule has 0 heterocycles. The molecule has 112 valence electrons. The topological polar surface area (TPSA) is 182 Å². The molecule has 0 bridgehead atoms. The van der Waals surface area contributed by atoms with Gasteiger partial charge in [0.25, 0.3) is 11.9 Å². The number of hydrogen-bond donors (Lipinski definition) is 6. The van der Waals surface area contributed by atoms with Crippen LogP contribution in [-0.2, 0) is 6.54 Å². The molecule has 0 aliphatic heterocycles. The number of nitrogens with one attached hydrogen (secondary N) is 6. The summed E-state index contributed by atoms with van der Waals surface area (Å²) in [5.41, 5.74) is 4.36. The van der Waals surface area contributed by atoms with E-state index >= 15 is 0 Å². The van der Waals surface area contributed by atoms with E-state index in [4.69, 9.17) is 10.8 Å². The normalized spacial score (nSPS) is 9.33. The summed E-state index contributed by atoms with van der Waals surface area (Å²) in [5, 5.41) is 37.9. The highest BCUT2D eigenvalue weighted by Crippen LogP contribution is 2.10. The average molecular weight is 296 g/mol. The van der Waals surface area contributed by atoms with Crippen molar-refractivity contribution in [3.8, 4) is 0 Å². The highest BCUT2D eigenvalue weighted by atomic mass is 16.7. The van der Waals surface area contributed by atoms with Crippen molar-refractivity contribution in [3.63, 3.8) is 0 Å². The van der Waals surface area contributed by atoms with Gasteiger partial charge in [-0.25, -0.2) is 20.2 Å². The van der Waals surface area contributed by atoms with Crippen LogP contribution in [0.4, 0.5) is 5.69 Å². The van der Waals surface area contributed by atoms with Crippen LogP contribution in [0.2, 0.25) is 0 Å². The Hall–Kier alpha value is -3.44. The summed E-state index contributed by atoms with van der Waals surface area (Å²) < 4.78 is 0. The van der Waals surface area contributed by atoms with Crippen molar-refractivity contribution in [2.24, 2.45) is 0 Å². The first-order valence-electron chi connectivity index (χ1n) is 5.46. The van der Waals surface area contributed by atoms with Gasteiger partial charge >= 0.3 is 0 Å². The van der Waals surface area contributed by atoms with Gasteiger partial charge in [-0.15, -0.1) is 0 Å². The zero-order valence-corrected chi connectivity index (χ0v) is 10.5. The Morgan fingerprint density at radius 1 is 1.10 bits per heavy atom. The Morgan fingerprint density at radius 2 is 1.71 bits per heavy atom. The molecule has 0 aliphatic rings. The molecule has 0 saturated carbocycles. The second-order valence-corrected chi connectivity index (χ2v) is 3.67. The smallest absolute Gasteiger partial charge is 0.255 e. The van der Waals surface area contributed by atoms with Gasteiger partial charge in [0.05, 0.1) is 0 Å². The van der Waals surface area contributed by atoms with Crippen LogP contribution in [0.25, 0.3) is 0 Å². The van der Waals surface area contributed by atoms with Crippen LogP contribution >= 0.6 is 0 Å². The number of nitro groups is 2. The van der Waals surface area contributed by atoms with Gasteiger partial charge in [-0.05, 0) is 17.7 Å². The fourth-order valence-corrected chi connectivity index (χ4v) is 1.34. The van der Waals surface area contributed by atoms with Crippen LogP contribution in [-0.4, -0.2) is 22.0 Å². The molecule has 1 aromatic rings. The molecule has 0 spiro atoms. The van der Waals surface area contributed by atoms with E-state index in [1.54, 1.807) is 35.1 Å². The zero-order chi connectivity index (χ0) is 15.8. The minimum atomic E-state index is -0.870. The van der Waals surface area contributed by atoms with Crippen LogP contribution in [0, 0.1) is 31.0 Å². The van der Waals surface area contributed by atoms with E-state index in [1.807, 2.05) is 0 Å². The van der Waals surface area contributed by atoms with Crippen LogP contribution in [0.5, 0.6) is 0 Å². The monoisotopic (exact) mass is 296 g/mol. The van der Waals surface area contributed by atoms with Gasteiger partial charge in [0.2, 0.25) is 0 Å². The summed E-state index contributed by atoms with van der Waals surface area (Å²) >= 11 is 0. The Labute approximate surface area is 117 Å². The summed E-state index contributed by atoms with van der Waals surface area (Å²) in [5.74, 6) is -0.978. The van der Waals surface area contributed by atoms with Gasteiger partial charge in [-0.3, -0.25) is 10.8 Å². The highest BCUT2D eigenvalue weighted by Gasteiger charge is 2.05.